The van der Waals surface area contributed by atoms with Crippen LogP contribution in [-0.4, -0.2) is 9.13 Å². The van der Waals surface area contributed by atoms with Crippen molar-refractivity contribution in [3.63, 3.8) is 0 Å². The fourth-order valence-electron chi connectivity index (χ4n) is 8.13. The van der Waals surface area contributed by atoms with Crippen molar-refractivity contribution >= 4 is 38.8 Å². The van der Waals surface area contributed by atoms with Crippen molar-refractivity contribution in [2.45, 2.75) is 12.8 Å². The Morgan fingerprint density at radius 2 is 1.04 bits per heavy atom. The molecule has 0 radical (unpaired) electrons. The van der Waals surface area contributed by atoms with Gasteiger partial charge >= 0.3 is 0 Å². The molecule has 0 aliphatic heterocycles. The first-order chi connectivity index (χ1) is 25.7. The number of nitriles is 1. The first-order valence-corrected chi connectivity index (χ1v) is 17.9. The van der Waals surface area contributed by atoms with Crippen LogP contribution in [0.3, 0.4) is 0 Å². The highest BCUT2D eigenvalue weighted by molar-refractivity contribution is 6.10. The maximum Gasteiger partial charge on any atom is 0.0992 e. The zero-order valence-corrected chi connectivity index (χ0v) is 28.5. The summed E-state index contributed by atoms with van der Waals surface area (Å²) >= 11 is 0. The first kappa shape index (κ1) is 30.0. The van der Waals surface area contributed by atoms with E-state index in [1.165, 1.54) is 77.3 Å². The Hall–Kier alpha value is -6.89. The van der Waals surface area contributed by atoms with Gasteiger partial charge in [0.1, 0.15) is 0 Å². The molecule has 244 valence electrons. The zero-order valence-electron chi connectivity index (χ0n) is 28.5. The number of aromatic nitrogens is 2. The highest BCUT2D eigenvalue weighted by Gasteiger charge is 2.20. The van der Waals surface area contributed by atoms with Gasteiger partial charge in [-0.1, -0.05) is 115 Å². The summed E-state index contributed by atoms with van der Waals surface area (Å²) in [5, 5.41) is 13.3. The van der Waals surface area contributed by atoms with Gasteiger partial charge in [0, 0.05) is 38.8 Å². The topological polar surface area (TPSA) is 33.6 Å². The molecular weight excluding hydrogens is 631 g/mol. The molecule has 0 bridgehead atoms. The SMILES string of the molecule is N#Cc1cccc(-n2c3c(c4cc(-c5ccc(-c6ccc7c(c6)c6ccccc6n7-c6ccc(-c7ccccc7)cc6)cc5)ccc42)C=CCC3)c1. The van der Waals surface area contributed by atoms with Gasteiger partial charge in [0.15, 0.2) is 0 Å². The van der Waals surface area contributed by atoms with Gasteiger partial charge in [-0.25, -0.2) is 0 Å². The van der Waals surface area contributed by atoms with Crippen LogP contribution in [0.5, 0.6) is 0 Å². The van der Waals surface area contributed by atoms with E-state index in [0.29, 0.717) is 5.56 Å². The van der Waals surface area contributed by atoms with Gasteiger partial charge in [-0.05, 0) is 107 Å². The van der Waals surface area contributed by atoms with Gasteiger partial charge < -0.3 is 9.13 Å². The average Bonchev–Trinajstić information content (AvgIpc) is 3.73. The van der Waals surface area contributed by atoms with Gasteiger partial charge in [0.2, 0.25) is 0 Å². The van der Waals surface area contributed by atoms with E-state index in [4.69, 9.17) is 0 Å². The number of hydrogen-bond donors (Lipinski definition) is 0. The molecule has 0 fully saturated rings. The second kappa shape index (κ2) is 12.2. The van der Waals surface area contributed by atoms with E-state index in [1.807, 2.05) is 18.2 Å². The van der Waals surface area contributed by atoms with Crippen molar-refractivity contribution in [2.24, 2.45) is 0 Å². The minimum absolute atomic E-state index is 0.676. The fraction of sp³-hybridized carbons (Fsp3) is 0.0408. The summed E-state index contributed by atoms with van der Waals surface area (Å²) in [4.78, 5) is 0. The predicted molar refractivity (Wildman–Crippen MR) is 216 cm³/mol. The van der Waals surface area contributed by atoms with Crippen LogP contribution in [0.1, 0.15) is 23.2 Å². The summed E-state index contributed by atoms with van der Waals surface area (Å²) in [5.74, 6) is 0. The van der Waals surface area contributed by atoms with Crippen LogP contribution in [-0.2, 0) is 6.42 Å². The maximum atomic E-state index is 9.57. The van der Waals surface area contributed by atoms with E-state index < -0.39 is 0 Å². The predicted octanol–water partition coefficient (Wildman–Crippen LogP) is 12.6. The van der Waals surface area contributed by atoms with Crippen molar-refractivity contribution in [1.82, 2.24) is 9.13 Å². The molecule has 0 spiro atoms. The molecule has 0 N–H and O–H groups in total. The molecule has 0 saturated carbocycles. The molecule has 0 saturated heterocycles. The number of nitrogens with zero attached hydrogens (tertiary/aromatic N) is 3. The second-order valence-corrected chi connectivity index (χ2v) is 13.6. The smallest absolute Gasteiger partial charge is 0.0992 e. The van der Waals surface area contributed by atoms with E-state index in [-0.39, 0.29) is 0 Å². The van der Waals surface area contributed by atoms with Gasteiger partial charge in [-0.2, -0.15) is 5.26 Å². The number of hydrogen-bond acceptors (Lipinski definition) is 1. The van der Waals surface area contributed by atoms with Crippen molar-refractivity contribution in [1.29, 1.82) is 5.26 Å². The van der Waals surface area contributed by atoms with E-state index in [0.717, 1.165) is 24.2 Å². The highest BCUT2D eigenvalue weighted by atomic mass is 15.0. The molecule has 3 heteroatoms. The third-order valence-electron chi connectivity index (χ3n) is 10.6. The Kier molecular flexibility index (Phi) is 7.01. The molecular formula is C49H33N3. The Balaban J connectivity index is 1.01. The lowest BCUT2D eigenvalue weighted by Crippen LogP contribution is -2.03. The van der Waals surface area contributed by atoms with Crippen LogP contribution < -0.4 is 0 Å². The minimum Gasteiger partial charge on any atom is -0.313 e. The monoisotopic (exact) mass is 663 g/mol. The summed E-state index contributed by atoms with van der Waals surface area (Å²) < 4.78 is 4.72. The second-order valence-electron chi connectivity index (χ2n) is 13.6. The third kappa shape index (κ3) is 4.88. The number of para-hydroxylation sites is 1. The van der Waals surface area contributed by atoms with Gasteiger partial charge in [0.05, 0.1) is 28.2 Å². The van der Waals surface area contributed by atoms with E-state index in [2.05, 4.69) is 173 Å². The molecule has 0 amide bonds. The van der Waals surface area contributed by atoms with Gasteiger partial charge in [-0.15, -0.1) is 0 Å². The summed E-state index contributed by atoms with van der Waals surface area (Å²) in [7, 11) is 0. The van der Waals surface area contributed by atoms with E-state index >= 15 is 0 Å². The highest BCUT2D eigenvalue weighted by Crippen LogP contribution is 2.38. The van der Waals surface area contributed by atoms with E-state index in [9.17, 15) is 5.26 Å². The molecule has 1 aliphatic rings. The quantitative estimate of drug-likeness (QED) is 0.180. The number of fused-ring (bicyclic) bond motifs is 6. The van der Waals surface area contributed by atoms with Crippen LogP contribution >= 0.6 is 0 Å². The van der Waals surface area contributed by atoms with Crippen LogP contribution in [0.15, 0.2) is 170 Å². The Labute approximate surface area is 302 Å². The van der Waals surface area contributed by atoms with Crippen LogP contribution in [0, 0.1) is 11.3 Å². The van der Waals surface area contributed by atoms with Crippen molar-refractivity contribution in [3.05, 3.63) is 187 Å². The molecule has 1 aliphatic carbocycles. The van der Waals surface area contributed by atoms with Gasteiger partial charge in [0.25, 0.3) is 0 Å². The molecule has 0 atom stereocenters. The fourth-order valence-corrected chi connectivity index (χ4v) is 8.13. The lowest BCUT2D eigenvalue weighted by molar-refractivity contribution is 0.888. The van der Waals surface area contributed by atoms with Crippen molar-refractivity contribution in [2.75, 3.05) is 0 Å². The Morgan fingerprint density at radius 3 is 1.79 bits per heavy atom. The molecule has 0 unspecified atom stereocenters. The molecule has 2 heterocycles. The summed E-state index contributed by atoms with van der Waals surface area (Å²) in [6.07, 6.45) is 6.54. The molecule has 52 heavy (non-hydrogen) atoms. The lowest BCUT2D eigenvalue weighted by Gasteiger charge is -2.13. The molecule has 7 aromatic carbocycles. The Morgan fingerprint density at radius 1 is 0.442 bits per heavy atom. The molecule has 2 aromatic heterocycles. The molecule has 10 rings (SSSR count). The number of rotatable bonds is 5. The Bertz CT molecular complexity index is 2880. The largest absolute Gasteiger partial charge is 0.313 e. The third-order valence-corrected chi connectivity index (χ3v) is 10.6. The average molecular weight is 664 g/mol. The van der Waals surface area contributed by atoms with Crippen LogP contribution in [0.4, 0.5) is 0 Å². The molecule has 9 aromatic rings. The van der Waals surface area contributed by atoms with Crippen LogP contribution in [0.2, 0.25) is 0 Å². The number of allylic oxidation sites excluding steroid dienone is 1. The first-order valence-electron chi connectivity index (χ1n) is 17.9. The van der Waals surface area contributed by atoms with Crippen LogP contribution in [0.25, 0.3) is 83.5 Å². The lowest BCUT2D eigenvalue weighted by atomic mass is 9.97. The van der Waals surface area contributed by atoms with Gasteiger partial charge in [-0.3, -0.25) is 0 Å². The standard InChI is InChI=1S/C49H33N3/c50-32-33-9-8-12-41(29-33)52-47-16-7-5-14-43(47)45-31-39(24-28-49(45)52)37-19-17-36(18-20-37)38-23-27-48-44(30-38)42-13-4-6-15-46(42)51(48)40-25-21-35(22-26-40)34-10-2-1-3-11-34/h1-6,8-15,17-31H,7,16H2. The zero-order chi connectivity index (χ0) is 34.6. The summed E-state index contributed by atoms with van der Waals surface area (Å²) in [5.41, 5.74) is 16.3. The van der Waals surface area contributed by atoms with Crippen molar-refractivity contribution in [3.8, 4) is 50.8 Å². The minimum atomic E-state index is 0.676. The summed E-state index contributed by atoms with van der Waals surface area (Å²) in [6, 6.07) is 61.0. The maximum absolute atomic E-state index is 9.57. The normalized spacial score (nSPS) is 12.4. The van der Waals surface area contributed by atoms with Crippen molar-refractivity contribution < 1.29 is 0 Å². The van der Waals surface area contributed by atoms with E-state index in [1.54, 1.807) is 0 Å². The summed E-state index contributed by atoms with van der Waals surface area (Å²) in [6.45, 7) is 0. The number of benzene rings is 7. The molecule has 3 nitrogen and oxygen atoms in total.